The van der Waals surface area contributed by atoms with E-state index in [2.05, 4.69) is 60.4 Å². The maximum atomic E-state index is 3.43. The first-order chi connectivity index (χ1) is 10.2. The van der Waals surface area contributed by atoms with Crippen molar-refractivity contribution in [3.63, 3.8) is 0 Å². The van der Waals surface area contributed by atoms with Crippen LogP contribution < -0.4 is 5.32 Å². The zero-order chi connectivity index (χ0) is 15.1. The lowest BCUT2D eigenvalue weighted by atomic mass is 10.0. The summed E-state index contributed by atoms with van der Waals surface area (Å²) in [5.74, 6) is 0. The molecule has 21 heavy (non-hydrogen) atoms. The highest BCUT2D eigenvalue weighted by molar-refractivity contribution is 5.27. The highest BCUT2D eigenvalue weighted by Gasteiger charge is 2.21. The van der Waals surface area contributed by atoms with E-state index in [-0.39, 0.29) is 0 Å². The Morgan fingerprint density at radius 2 is 2.00 bits per heavy atom. The Morgan fingerprint density at radius 3 is 2.71 bits per heavy atom. The number of piperidine rings is 1. The van der Waals surface area contributed by atoms with E-state index in [4.69, 9.17) is 0 Å². The fourth-order valence-electron chi connectivity index (χ4n) is 3.19. The molecule has 0 bridgehead atoms. The quantitative estimate of drug-likeness (QED) is 0.778. The van der Waals surface area contributed by atoms with E-state index in [1.807, 2.05) is 0 Å². The third kappa shape index (κ3) is 5.10. The van der Waals surface area contributed by atoms with Gasteiger partial charge in [-0.15, -0.1) is 0 Å². The van der Waals surface area contributed by atoms with Crippen LogP contribution in [0.5, 0.6) is 0 Å². The number of likely N-dealkylation sites (tertiary alicyclic amines) is 1. The molecule has 1 fully saturated rings. The summed E-state index contributed by atoms with van der Waals surface area (Å²) in [7, 11) is 4.41. The van der Waals surface area contributed by atoms with Crippen molar-refractivity contribution in [2.75, 3.05) is 40.3 Å². The van der Waals surface area contributed by atoms with Gasteiger partial charge in [0.2, 0.25) is 0 Å². The van der Waals surface area contributed by atoms with Gasteiger partial charge in [0.15, 0.2) is 0 Å². The Kier molecular flexibility index (Phi) is 6.68. The summed E-state index contributed by atoms with van der Waals surface area (Å²) < 4.78 is 0. The van der Waals surface area contributed by atoms with E-state index in [1.165, 1.54) is 37.1 Å². The van der Waals surface area contributed by atoms with Crippen molar-refractivity contribution in [3.05, 3.63) is 35.4 Å². The van der Waals surface area contributed by atoms with Crippen LogP contribution in [-0.2, 0) is 13.0 Å². The average molecular weight is 289 g/mol. The van der Waals surface area contributed by atoms with Gasteiger partial charge in [0.25, 0.3) is 0 Å². The topological polar surface area (TPSA) is 18.5 Å². The molecule has 0 aromatic heterocycles. The fraction of sp³-hybridized carbons (Fsp3) is 0.667. The molecule has 1 aliphatic rings. The second-order valence-corrected chi connectivity index (χ2v) is 6.37. The summed E-state index contributed by atoms with van der Waals surface area (Å²) in [6.45, 7) is 7.85. The van der Waals surface area contributed by atoms with Crippen LogP contribution in [0.4, 0.5) is 0 Å². The molecule has 1 aliphatic heterocycles. The lowest BCUT2D eigenvalue weighted by Gasteiger charge is -2.36. The van der Waals surface area contributed by atoms with Gasteiger partial charge in [-0.2, -0.15) is 0 Å². The summed E-state index contributed by atoms with van der Waals surface area (Å²) in [5, 5.41) is 3.43. The Hall–Kier alpha value is -0.900. The summed E-state index contributed by atoms with van der Waals surface area (Å²) in [6, 6.07) is 9.66. The zero-order valence-corrected chi connectivity index (χ0v) is 13.9. The zero-order valence-electron chi connectivity index (χ0n) is 13.9. The number of nitrogens with one attached hydrogen (secondary N) is 1. The molecule has 1 saturated heterocycles. The minimum atomic E-state index is 0.715. The molecule has 118 valence electrons. The van der Waals surface area contributed by atoms with E-state index >= 15 is 0 Å². The summed E-state index contributed by atoms with van der Waals surface area (Å²) in [4.78, 5) is 5.00. The van der Waals surface area contributed by atoms with Gasteiger partial charge in [-0.05, 0) is 64.1 Å². The second kappa shape index (κ2) is 8.52. The molecule has 1 aromatic rings. The van der Waals surface area contributed by atoms with Crippen molar-refractivity contribution in [1.82, 2.24) is 15.1 Å². The van der Waals surface area contributed by atoms with Gasteiger partial charge in [0, 0.05) is 19.1 Å². The van der Waals surface area contributed by atoms with Crippen molar-refractivity contribution in [2.45, 2.75) is 38.8 Å². The minimum Gasteiger partial charge on any atom is -0.317 e. The van der Waals surface area contributed by atoms with Crippen molar-refractivity contribution >= 4 is 0 Å². The van der Waals surface area contributed by atoms with E-state index < -0.39 is 0 Å². The highest BCUT2D eigenvalue weighted by atomic mass is 15.2. The standard InChI is InChI=1S/C18H31N3/c1-4-19-12-11-16-8-5-6-9-17(16)14-21-13-7-10-18(15-21)20(2)3/h5-6,8-9,18-19H,4,7,10-15H2,1-3H3. The molecule has 0 aliphatic carbocycles. The van der Waals surface area contributed by atoms with Gasteiger partial charge in [0.05, 0.1) is 0 Å². The number of benzene rings is 1. The molecule has 3 heteroatoms. The predicted octanol–water partition coefficient (Wildman–Crippen LogP) is 2.36. The molecule has 0 radical (unpaired) electrons. The summed E-state index contributed by atoms with van der Waals surface area (Å²) in [5.41, 5.74) is 3.01. The number of likely N-dealkylation sites (N-methyl/N-ethyl adjacent to an activating group) is 2. The Bertz CT molecular complexity index is 417. The van der Waals surface area contributed by atoms with Gasteiger partial charge >= 0.3 is 0 Å². The highest BCUT2D eigenvalue weighted by Crippen LogP contribution is 2.18. The molecule has 0 saturated carbocycles. The average Bonchev–Trinajstić information content (AvgIpc) is 2.49. The summed E-state index contributed by atoms with van der Waals surface area (Å²) in [6.07, 6.45) is 3.79. The molecular formula is C18H31N3. The van der Waals surface area contributed by atoms with Crippen molar-refractivity contribution in [3.8, 4) is 0 Å². The SMILES string of the molecule is CCNCCc1ccccc1CN1CCCC(N(C)C)C1. The molecule has 1 aromatic carbocycles. The van der Waals surface area contributed by atoms with Crippen molar-refractivity contribution in [2.24, 2.45) is 0 Å². The Labute approximate surface area is 130 Å². The first kappa shape index (κ1) is 16.5. The molecule has 1 atom stereocenters. The van der Waals surface area contributed by atoms with E-state index in [1.54, 1.807) is 0 Å². The minimum absolute atomic E-state index is 0.715. The van der Waals surface area contributed by atoms with Crippen LogP contribution in [0.1, 0.15) is 30.9 Å². The molecule has 1 unspecified atom stereocenters. The van der Waals surface area contributed by atoms with Gasteiger partial charge < -0.3 is 10.2 Å². The van der Waals surface area contributed by atoms with Gasteiger partial charge in [-0.3, -0.25) is 4.90 Å². The maximum absolute atomic E-state index is 3.43. The predicted molar refractivity (Wildman–Crippen MR) is 90.7 cm³/mol. The first-order valence-corrected chi connectivity index (χ1v) is 8.37. The first-order valence-electron chi connectivity index (χ1n) is 8.37. The van der Waals surface area contributed by atoms with Crippen LogP contribution in [0.25, 0.3) is 0 Å². The lowest BCUT2D eigenvalue weighted by Crippen LogP contribution is -2.44. The van der Waals surface area contributed by atoms with E-state index in [0.717, 1.165) is 26.1 Å². The van der Waals surface area contributed by atoms with Crippen LogP contribution in [-0.4, -0.2) is 56.1 Å². The number of nitrogens with zero attached hydrogens (tertiary/aromatic N) is 2. The van der Waals surface area contributed by atoms with Gasteiger partial charge in [0.1, 0.15) is 0 Å². The monoisotopic (exact) mass is 289 g/mol. The number of hydrogen-bond acceptors (Lipinski definition) is 3. The molecule has 1 N–H and O–H groups in total. The maximum Gasteiger partial charge on any atom is 0.0237 e. The Balaban J connectivity index is 1.95. The van der Waals surface area contributed by atoms with Crippen LogP contribution in [0.15, 0.2) is 24.3 Å². The van der Waals surface area contributed by atoms with Crippen LogP contribution in [0, 0.1) is 0 Å². The third-order valence-electron chi connectivity index (χ3n) is 4.54. The molecule has 3 nitrogen and oxygen atoms in total. The Morgan fingerprint density at radius 1 is 1.24 bits per heavy atom. The largest absolute Gasteiger partial charge is 0.317 e. The molecule has 2 rings (SSSR count). The smallest absolute Gasteiger partial charge is 0.0237 e. The van der Waals surface area contributed by atoms with Crippen molar-refractivity contribution in [1.29, 1.82) is 0 Å². The van der Waals surface area contributed by atoms with Gasteiger partial charge in [-0.25, -0.2) is 0 Å². The van der Waals surface area contributed by atoms with Gasteiger partial charge in [-0.1, -0.05) is 31.2 Å². The van der Waals surface area contributed by atoms with Crippen LogP contribution >= 0.6 is 0 Å². The fourth-order valence-corrected chi connectivity index (χ4v) is 3.19. The molecule has 0 amide bonds. The molecule has 0 spiro atoms. The second-order valence-electron chi connectivity index (χ2n) is 6.37. The normalized spacial score (nSPS) is 20.1. The summed E-state index contributed by atoms with van der Waals surface area (Å²) >= 11 is 0. The van der Waals surface area contributed by atoms with E-state index in [0.29, 0.717) is 6.04 Å². The number of rotatable bonds is 7. The molecule has 1 heterocycles. The number of hydrogen-bond donors (Lipinski definition) is 1. The van der Waals surface area contributed by atoms with Crippen LogP contribution in [0.2, 0.25) is 0 Å². The van der Waals surface area contributed by atoms with Crippen LogP contribution in [0.3, 0.4) is 0 Å². The third-order valence-corrected chi connectivity index (χ3v) is 4.54. The van der Waals surface area contributed by atoms with Crippen molar-refractivity contribution < 1.29 is 0 Å². The molecular weight excluding hydrogens is 258 g/mol. The lowest BCUT2D eigenvalue weighted by molar-refractivity contribution is 0.127. The van der Waals surface area contributed by atoms with E-state index in [9.17, 15) is 0 Å².